The lowest BCUT2D eigenvalue weighted by atomic mass is 10.1. The summed E-state index contributed by atoms with van der Waals surface area (Å²) in [5.74, 6) is 2.07. The van der Waals surface area contributed by atoms with Gasteiger partial charge in [0.15, 0.2) is 0 Å². The number of aromatic amines is 2. The Hall–Kier alpha value is -3.61. The van der Waals surface area contributed by atoms with Crippen molar-refractivity contribution in [2.45, 2.75) is 40.2 Å². The number of benzene rings is 2. The molecule has 1 amide bonds. The molecule has 156 valence electrons. The van der Waals surface area contributed by atoms with Gasteiger partial charge in [0.1, 0.15) is 17.3 Å². The number of H-pyrrole nitrogens is 2. The second-order valence-electron chi connectivity index (χ2n) is 6.87. The predicted molar refractivity (Wildman–Crippen MR) is 118 cm³/mol. The number of hydrogen-bond donors (Lipinski definition) is 3. The highest BCUT2D eigenvalue weighted by atomic mass is 16.5. The summed E-state index contributed by atoms with van der Waals surface area (Å²) < 4.78 is 5.92. The van der Waals surface area contributed by atoms with Gasteiger partial charge in [-0.15, -0.1) is 0 Å². The monoisotopic (exact) mass is 405 g/mol. The molecule has 0 fully saturated rings. The van der Waals surface area contributed by atoms with E-state index in [-0.39, 0.29) is 5.91 Å². The number of hydrogen-bond acceptors (Lipinski definition) is 4. The molecule has 2 heterocycles. The lowest BCUT2D eigenvalue weighted by Crippen LogP contribution is -2.19. The standard InChI is InChI=1S/C19H17N5O2.C4H10/c1-12(25)20-11-19-22-17-7-6-15(10-18(17)23-19)26-14-4-2-13(3-5-14)16-8-9-21-24-16;1-3-4-2/h2-10H,11H2,1H3,(H,20,25)(H,21,24)(H,22,23);3-4H2,1-2H3. The smallest absolute Gasteiger partial charge is 0.217 e. The Morgan fingerprint density at radius 2 is 1.77 bits per heavy atom. The number of carbonyl (C=O) groups is 1. The van der Waals surface area contributed by atoms with Crippen LogP contribution in [-0.2, 0) is 11.3 Å². The zero-order chi connectivity index (χ0) is 21.3. The average Bonchev–Trinajstić information content (AvgIpc) is 3.42. The third-order valence-corrected chi connectivity index (χ3v) is 4.41. The number of rotatable bonds is 6. The van der Waals surface area contributed by atoms with Crippen LogP contribution in [0.5, 0.6) is 11.5 Å². The average molecular weight is 406 g/mol. The van der Waals surface area contributed by atoms with Gasteiger partial charge in [0.2, 0.25) is 5.91 Å². The molecular weight excluding hydrogens is 378 g/mol. The van der Waals surface area contributed by atoms with Gasteiger partial charge in [-0.1, -0.05) is 26.7 Å². The van der Waals surface area contributed by atoms with E-state index in [1.54, 1.807) is 6.20 Å². The summed E-state index contributed by atoms with van der Waals surface area (Å²) in [6, 6.07) is 15.3. The van der Waals surface area contributed by atoms with E-state index in [0.717, 1.165) is 28.0 Å². The van der Waals surface area contributed by atoms with Crippen LogP contribution >= 0.6 is 0 Å². The van der Waals surface area contributed by atoms with Crippen molar-refractivity contribution in [1.29, 1.82) is 0 Å². The van der Waals surface area contributed by atoms with Crippen molar-refractivity contribution < 1.29 is 9.53 Å². The molecule has 0 saturated carbocycles. The van der Waals surface area contributed by atoms with Crippen LogP contribution in [0.4, 0.5) is 0 Å². The Balaban J connectivity index is 0.000000589. The summed E-state index contributed by atoms with van der Waals surface area (Å²) in [6.45, 7) is 6.21. The van der Waals surface area contributed by atoms with Gasteiger partial charge in [-0.05, 0) is 48.0 Å². The maximum absolute atomic E-state index is 11.0. The molecule has 7 nitrogen and oxygen atoms in total. The van der Waals surface area contributed by atoms with Gasteiger partial charge < -0.3 is 15.0 Å². The van der Waals surface area contributed by atoms with Crippen molar-refractivity contribution in [3.05, 3.63) is 60.6 Å². The van der Waals surface area contributed by atoms with Crippen LogP contribution < -0.4 is 10.1 Å². The number of nitrogens with zero attached hydrogens (tertiary/aromatic N) is 2. The van der Waals surface area contributed by atoms with Gasteiger partial charge in [-0.3, -0.25) is 9.89 Å². The molecule has 30 heavy (non-hydrogen) atoms. The van der Waals surface area contributed by atoms with Crippen molar-refractivity contribution in [2.24, 2.45) is 0 Å². The Labute approximate surface area is 175 Å². The number of amides is 1. The molecule has 4 aromatic rings. The van der Waals surface area contributed by atoms with Crippen LogP contribution in [-0.4, -0.2) is 26.1 Å². The fourth-order valence-electron chi connectivity index (χ4n) is 2.65. The van der Waals surface area contributed by atoms with Crippen molar-refractivity contribution >= 4 is 16.9 Å². The molecule has 3 N–H and O–H groups in total. The second kappa shape index (κ2) is 10.2. The molecule has 2 aromatic heterocycles. The van der Waals surface area contributed by atoms with E-state index in [2.05, 4.69) is 39.3 Å². The maximum atomic E-state index is 11.0. The van der Waals surface area contributed by atoms with E-state index in [0.29, 0.717) is 18.1 Å². The van der Waals surface area contributed by atoms with Gasteiger partial charge in [0, 0.05) is 19.2 Å². The first-order chi connectivity index (χ1) is 14.6. The van der Waals surface area contributed by atoms with E-state index in [1.807, 2.05) is 48.5 Å². The molecule has 4 rings (SSSR count). The number of carbonyl (C=O) groups excluding carboxylic acids is 1. The molecule has 0 atom stereocenters. The Bertz CT molecular complexity index is 1070. The highest BCUT2D eigenvalue weighted by Crippen LogP contribution is 2.27. The maximum Gasteiger partial charge on any atom is 0.217 e. The van der Waals surface area contributed by atoms with Gasteiger partial charge in [-0.2, -0.15) is 5.10 Å². The topological polar surface area (TPSA) is 95.7 Å². The van der Waals surface area contributed by atoms with Crippen LogP contribution in [0.2, 0.25) is 0 Å². The molecule has 7 heteroatoms. The Kier molecular flexibility index (Phi) is 7.21. The number of nitrogens with one attached hydrogen (secondary N) is 3. The third kappa shape index (κ3) is 5.70. The zero-order valence-electron chi connectivity index (χ0n) is 17.5. The predicted octanol–water partition coefficient (Wildman–Crippen LogP) is 5.19. The lowest BCUT2D eigenvalue weighted by Gasteiger charge is -2.06. The summed E-state index contributed by atoms with van der Waals surface area (Å²) in [6.07, 6.45) is 4.36. The molecule has 0 spiro atoms. The van der Waals surface area contributed by atoms with Crippen LogP contribution in [0.3, 0.4) is 0 Å². The second-order valence-corrected chi connectivity index (χ2v) is 6.87. The SMILES string of the molecule is CC(=O)NCc1nc2ccc(Oc3ccc(-c4ccn[nH]4)cc3)cc2[nH]1.CCCC. The van der Waals surface area contributed by atoms with E-state index < -0.39 is 0 Å². The van der Waals surface area contributed by atoms with Gasteiger partial charge >= 0.3 is 0 Å². The quantitative estimate of drug-likeness (QED) is 0.411. The van der Waals surface area contributed by atoms with Crippen molar-refractivity contribution in [3.63, 3.8) is 0 Å². The summed E-state index contributed by atoms with van der Waals surface area (Å²) in [4.78, 5) is 18.6. The first-order valence-corrected chi connectivity index (χ1v) is 10.1. The minimum absolute atomic E-state index is 0.0898. The molecule has 0 radical (unpaired) electrons. The van der Waals surface area contributed by atoms with E-state index >= 15 is 0 Å². The molecule has 0 aliphatic heterocycles. The molecule has 0 unspecified atom stereocenters. The van der Waals surface area contributed by atoms with Crippen molar-refractivity contribution in [1.82, 2.24) is 25.5 Å². The van der Waals surface area contributed by atoms with Gasteiger partial charge in [0.05, 0.1) is 23.3 Å². The molecule has 2 aromatic carbocycles. The third-order valence-electron chi connectivity index (χ3n) is 4.41. The highest BCUT2D eigenvalue weighted by molar-refractivity contribution is 5.77. The minimum atomic E-state index is -0.0898. The fraction of sp³-hybridized carbons (Fsp3) is 0.261. The summed E-state index contributed by atoms with van der Waals surface area (Å²) in [7, 11) is 0. The summed E-state index contributed by atoms with van der Waals surface area (Å²) in [5, 5.41) is 9.61. The van der Waals surface area contributed by atoms with Crippen LogP contribution in [0.25, 0.3) is 22.3 Å². The number of imidazole rings is 1. The molecular formula is C23H27N5O2. The Morgan fingerprint density at radius 3 is 2.40 bits per heavy atom. The van der Waals surface area contributed by atoms with Crippen molar-refractivity contribution in [2.75, 3.05) is 0 Å². The Morgan fingerprint density at radius 1 is 1.03 bits per heavy atom. The minimum Gasteiger partial charge on any atom is -0.457 e. The lowest BCUT2D eigenvalue weighted by molar-refractivity contribution is -0.119. The van der Waals surface area contributed by atoms with Crippen molar-refractivity contribution in [3.8, 4) is 22.8 Å². The normalized spacial score (nSPS) is 10.4. The van der Waals surface area contributed by atoms with E-state index in [9.17, 15) is 4.79 Å². The molecule has 0 saturated heterocycles. The molecule has 0 aliphatic rings. The van der Waals surface area contributed by atoms with Gasteiger partial charge in [-0.25, -0.2) is 4.98 Å². The van der Waals surface area contributed by atoms with Crippen LogP contribution in [0.15, 0.2) is 54.7 Å². The number of fused-ring (bicyclic) bond motifs is 1. The number of ether oxygens (including phenoxy) is 1. The first-order valence-electron chi connectivity index (χ1n) is 10.1. The molecule has 0 bridgehead atoms. The first kappa shape index (κ1) is 21.1. The van der Waals surface area contributed by atoms with E-state index in [4.69, 9.17) is 4.74 Å². The largest absolute Gasteiger partial charge is 0.457 e. The number of unbranched alkanes of at least 4 members (excludes halogenated alkanes) is 1. The zero-order valence-corrected chi connectivity index (χ0v) is 17.5. The number of aromatic nitrogens is 4. The van der Waals surface area contributed by atoms with E-state index in [1.165, 1.54) is 19.8 Å². The van der Waals surface area contributed by atoms with Gasteiger partial charge in [0.25, 0.3) is 0 Å². The summed E-state index contributed by atoms with van der Waals surface area (Å²) >= 11 is 0. The van der Waals surface area contributed by atoms with Crippen LogP contribution in [0, 0.1) is 0 Å². The fourth-order valence-corrected chi connectivity index (χ4v) is 2.65. The molecule has 0 aliphatic carbocycles. The highest BCUT2D eigenvalue weighted by Gasteiger charge is 2.06. The summed E-state index contributed by atoms with van der Waals surface area (Å²) in [5.41, 5.74) is 3.69. The van der Waals surface area contributed by atoms with Crippen LogP contribution in [0.1, 0.15) is 39.4 Å².